The van der Waals surface area contributed by atoms with E-state index < -0.39 is 53.6 Å². The van der Waals surface area contributed by atoms with Gasteiger partial charge in [-0.1, -0.05) is 72.9 Å². The first-order valence-corrected chi connectivity index (χ1v) is 16.7. The van der Waals surface area contributed by atoms with Crippen molar-refractivity contribution in [3.63, 3.8) is 0 Å². The van der Waals surface area contributed by atoms with Crippen molar-refractivity contribution in [2.24, 2.45) is 5.41 Å². The summed E-state index contributed by atoms with van der Waals surface area (Å²) in [6.07, 6.45) is 22.6. The summed E-state index contributed by atoms with van der Waals surface area (Å²) in [6.45, 7) is 7.46. The highest BCUT2D eigenvalue weighted by atomic mass is 16.8. The molecule has 0 radical (unpaired) electrons. The Hall–Kier alpha value is -5.22. The highest BCUT2D eigenvalue weighted by molar-refractivity contribution is 6.12. The van der Waals surface area contributed by atoms with Crippen LogP contribution in [0.15, 0.2) is 95.2 Å². The number of ketones is 1. The number of nitrogens with zero attached hydrogens (tertiary/aromatic N) is 3. The van der Waals surface area contributed by atoms with Gasteiger partial charge < -0.3 is 33.6 Å². The number of carbonyl (C=O) groups is 5. The van der Waals surface area contributed by atoms with Gasteiger partial charge in [0.15, 0.2) is 24.5 Å². The van der Waals surface area contributed by atoms with Crippen molar-refractivity contribution in [1.82, 2.24) is 20.3 Å². The maximum Gasteiger partial charge on any atom is 0.331 e. The van der Waals surface area contributed by atoms with Crippen molar-refractivity contribution < 1.29 is 52.5 Å². The molecule has 3 unspecified atom stereocenters. The molecule has 288 valence electrons. The summed E-state index contributed by atoms with van der Waals surface area (Å²) in [6, 6.07) is -1.20. The lowest BCUT2D eigenvalue weighted by Gasteiger charge is -2.38. The number of likely N-dealkylation sites (N-methyl/N-ethyl adjacent to an activating group) is 1. The monoisotopic (exact) mass is 738 g/mol. The average Bonchev–Trinajstić information content (AvgIpc) is 3.82. The number of aryl methyl sites for hydroxylation is 1. The van der Waals surface area contributed by atoms with E-state index in [0.29, 0.717) is 17.9 Å². The Labute approximate surface area is 309 Å². The van der Waals surface area contributed by atoms with Crippen molar-refractivity contribution in [2.75, 3.05) is 41.2 Å². The van der Waals surface area contributed by atoms with Gasteiger partial charge >= 0.3 is 5.97 Å². The SMILES string of the molecule is COC(=O)C(C(C)OC)N(C)C(=O)C1(N(O)C(=O)C=CC=CC=CC=CCNC(=O)C(C)(C)C(=O)C(C)=CC=CC=CCc2cnc(C)o2)COCO1. The Morgan fingerprint density at radius 1 is 1.04 bits per heavy atom. The number of ether oxygens (including phenoxy) is 4. The summed E-state index contributed by atoms with van der Waals surface area (Å²) in [5.41, 5.74) is -3.08. The Bertz CT molecular complexity index is 1640. The number of hydrogen-bond donors (Lipinski definition) is 2. The highest BCUT2D eigenvalue weighted by Gasteiger charge is 2.54. The van der Waals surface area contributed by atoms with Crippen LogP contribution < -0.4 is 5.32 Å². The molecule has 1 aliphatic heterocycles. The largest absolute Gasteiger partial charge is 0.467 e. The summed E-state index contributed by atoms with van der Waals surface area (Å²) < 4.78 is 26.0. The van der Waals surface area contributed by atoms with E-state index in [0.717, 1.165) is 23.8 Å². The van der Waals surface area contributed by atoms with Crippen molar-refractivity contribution in [3.8, 4) is 0 Å². The van der Waals surface area contributed by atoms with Crippen LogP contribution >= 0.6 is 0 Å². The molecule has 1 saturated heterocycles. The number of amides is 3. The predicted octanol–water partition coefficient (Wildman–Crippen LogP) is 3.47. The standard InChI is InChI=1S/C38H50N4O11/c1-27(20-16-13-14-17-21-30-24-40-29(3)53-30)33(44)37(4,5)35(46)39-23-19-15-11-9-10-12-18-22-31(43)42(48)38(25-51-26-52-38)36(47)41(6)32(28(2)49-7)34(45)50-8/h9-20,22,24,28,32,48H,21,23,25-26H2,1-8H3,(H,39,46). The van der Waals surface area contributed by atoms with Gasteiger partial charge in [0.1, 0.15) is 17.8 Å². The van der Waals surface area contributed by atoms with Crippen LogP contribution in [0, 0.1) is 12.3 Å². The van der Waals surface area contributed by atoms with Crippen molar-refractivity contribution in [1.29, 1.82) is 0 Å². The minimum Gasteiger partial charge on any atom is -0.467 e. The number of rotatable bonds is 19. The smallest absolute Gasteiger partial charge is 0.331 e. The fourth-order valence-electron chi connectivity index (χ4n) is 4.87. The number of aromatic nitrogens is 1. The third-order valence-corrected chi connectivity index (χ3v) is 8.06. The zero-order valence-corrected chi connectivity index (χ0v) is 31.4. The third-order valence-electron chi connectivity index (χ3n) is 8.06. The number of allylic oxidation sites excluding steroid dienone is 12. The Balaban J connectivity index is 1.86. The van der Waals surface area contributed by atoms with Crippen LogP contribution in [0.4, 0.5) is 0 Å². The number of carbonyl (C=O) groups excluding carboxylic acids is 5. The highest BCUT2D eigenvalue weighted by Crippen LogP contribution is 2.27. The van der Waals surface area contributed by atoms with Crippen molar-refractivity contribution >= 4 is 29.5 Å². The Morgan fingerprint density at radius 2 is 1.68 bits per heavy atom. The number of nitrogens with one attached hydrogen (secondary N) is 1. The van der Waals surface area contributed by atoms with Gasteiger partial charge in [-0.15, -0.1) is 0 Å². The topological polar surface area (TPSA) is 187 Å². The van der Waals surface area contributed by atoms with Crippen LogP contribution in [0.3, 0.4) is 0 Å². The minimum atomic E-state index is -2.24. The number of esters is 1. The molecule has 0 saturated carbocycles. The zero-order chi connectivity index (χ0) is 39.6. The van der Waals surface area contributed by atoms with E-state index in [1.807, 2.05) is 12.2 Å². The Kier molecular flexibility index (Phi) is 17.7. The number of hydroxylamine groups is 2. The van der Waals surface area contributed by atoms with Gasteiger partial charge in [0.25, 0.3) is 17.5 Å². The average molecular weight is 739 g/mol. The van der Waals surface area contributed by atoms with Gasteiger partial charge in [-0.3, -0.25) is 24.4 Å². The summed E-state index contributed by atoms with van der Waals surface area (Å²) >= 11 is 0. The lowest BCUT2D eigenvalue weighted by Crippen LogP contribution is -2.64. The Morgan fingerprint density at radius 3 is 2.28 bits per heavy atom. The molecule has 3 amide bonds. The van der Waals surface area contributed by atoms with Gasteiger partial charge in [0.2, 0.25) is 5.91 Å². The predicted molar refractivity (Wildman–Crippen MR) is 194 cm³/mol. The van der Waals surface area contributed by atoms with Crippen molar-refractivity contribution in [3.05, 3.63) is 102 Å². The lowest BCUT2D eigenvalue weighted by molar-refractivity contribution is -0.246. The van der Waals surface area contributed by atoms with E-state index in [2.05, 4.69) is 10.3 Å². The molecule has 15 nitrogen and oxygen atoms in total. The molecule has 1 fully saturated rings. The molecular weight excluding hydrogens is 688 g/mol. The van der Waals surface area contributed by atoms with Crippen LogP contribution in [-0.2, 0) is 49.3 Å². The quantitative estimate of drug-likeness (QED) is 0.0527. The fraction of sp³-hybridized carbons (Fsp3) is 0.421. The molecule has 15 heteroatoms. The van der Waals surface area contributed by atoms with Crippen LogP contribution in [0.5, 0.6) is 0 Å². The normalized spacial score (nSPS) is 18.2. The van der Waals surface area contributed by atoms with E-state index in [1.165, 1.54) is 26.3 Å². The van der Waals surface area contributed by atoms with Gasteiger partial charge in [0, 0.05) is 40.1 Å². The minimum absolute atomic E-state index is 0.120. The molecule has 1 aromatic rings. The molecular formula is C38H50N4O11. The maximum atomic E-state index is 13.5. The van der Waals surface area contributed by atoms with Crippen LogP contribution in [0.25, 0.3) is 0 Å². The lowest BCUT2D eigenvalue weighted by atomic mass is 9.83. The molecule has 0 aromatic carbocycles. The number of hydrogen-bond acceptors (Lipinski definition) is 12. The van der Waals surface area contributed by atoms with Gasteiger partial charge in [-0.2, -0.15) is 5.06 Å². The first-order valence-electron chi connectivity index (χ1n) is 16.7. The maximum absolute atomic E-state index is 13.5. The van der Waals surface area contributed by atoms with Crippen molar-refractivity contribution in [2.45, 2.75) is 58.9 Å². The molecule has 2 heterocycles. The van der Waals surface area contributed by atoms with Gasteiger partial charge in [0.05, 0.1) is 19.4 Å². The van der Waals surface area contributed by atoms with E-state index in [9.17, 15) is 29.2 Å². The van der Waals surface area contributed by atoms with Gasteiger partial charge in [-0.05, 0) is 33.3 Å². The molecule has 0 spiro atoms. The summed E-state index contributed by atoms with van der Waals surface area (Å²) in [4.78, 5) is 69.4. The van der Waals surface area contributed by atoms with E-state index in [-0.39, 0.29) is 24.2 Å². The molecule has 2 rings (SSSR count). The van der Waals surface area contributed by atoms with Gasteiger partial charge in [-0.25, -0.2) is 9.78 Å². The second kappa shape index (κ2) is 21.3. The van der Waals surface area contributed by atoms with E-state index in [4.69, 9.17) is 23.4 Å². The molecule has 2 N–H and O–H groups in total. The van der Waals surface area contributed by atoms with Crippen LogP contribution in [0.1, 0.15) is 39.3 Å². The molecule has 1 aromatic heterocycles. The first kappa shape index (κ1) is 43.9. The molecule has 1 aliphatic rings. The van der Waals surface area contributed by atoms with Crippen LogP contribution in [0.2, 0.25) is 0 Å². The van der Waals surface area contributed by atoms with Crippen LogP contribution in [-0.4, -0.2) is 109 Å². The molecule has 53 heavy (non-hydrogen) atoms. The molecule has 0 bridgehead atoms. The number of methoxy groups -OCH3 is 2. The molecule has 0 aliphatic carbocycles. The second-order valence-corrected chi connectivity index (χ2v) is 12.3. The third kappa shape index (κ3) is 12.5. The van der Waals surface area contributed by atoms with E-state index in [1.54, 1.807) is 89.4 Å². The zero-order valence-electron chi connectivity index (χ0n) is 31.4. The number of oxazole rings is 1. The van der Waals surface area contributed by atoms with E-state index >= 15 is 0 Å². The number of Topliss-reactive ketones (excluding diaryl/α,β-unsaturated/α-hetero) is 1. The fourth-order valence-corrected chi connectivity index (χ4v) is 4.87. The summed E-state index contributed by atoms with van der Waals surface area (Å²) in [5.74, 6) is -2.02. The summed E-state index contributed by atoms with van der Waals surface area (Å²) in [5, 5.41) is 13.6. The first-order chi connectivity index (χ1) is 25.1. The molecule has 3 atom stereocenters. The summed E-state index contributed by atoms with van der Waals surface area (Å²) in [7, 11) is 3.80. The second-order valence-electron chi connectivity index (χ2n) is 12.3.